The monoisotopic (exact) mass is 882 g/mol. The molecule has 6 nitrogen and oxygen atoms in total. The molecule has 0 fully saturated rings. The molecule has 7 aromatic rings. The van der Waals surface area contributed by atoms with E-state index in [1.165, 1.54) is 11.1 Å². The van der Waals surface area contributed by atoms with Gasteiger partial charge in [-0.3, -0.25) is 9.59 Å². The number of benzene rings is 7. The fraction of sp³-hybridized carbons (Fsp3) is 0.0968. The maximum Gasteiger partial charge on any atom is 0.194 e. The molecular weight excluding hydrogens is 833 g/mol. The Bertz CT molecular complexity index is 2880. The molecule has 6 heteroatoms. The van der Waals surface area contributed by atoms with Crippen molar-refractivity contribution in [3.05, 3.63) is 286 Å². The van der Waals surface area contributed by atoms with Gasteiger partial charge < -0.3 is 0 Å². The molecule has 330 valence electrons. The number of hydrogen-bond donors (Lipinski definition) is 0. The van der Waals surface area contributed by atoms with Crippen LogP contribution in [0.2, 0.25) is 0 Å². The molecule has 2 aliphatic carbocycles. The lowest BCUT2D eigenvalue weighted by atomic mass is 9.74. The first kappa shape index (κ1) is 44.7. The molecule has 2 aliphatic rings. The summed E-state index contributed by atoms with van der Waals surface area (Å²) >= 11 is 0. The van der Waals surface area contributed by atoms with E-state index in [9.17, 15) is 9.59 Å². The Balaban J connectivity index is 0.871. The molecule has 0 aromatic heterocycles. The summed E-state index contributed by atoms with van der Waals surface area (Å²) in [6.45, 7) is 8.94. The predicted octanol–water partition coefficient (Wildman–Crippen LogP) is 15.8. The van der Waals surface area contributed by atoms with Gasteiger partial charge in [-0.2, -0.15) is 20.5 Å². The first-order valence-corrected chi connectivity index (χ1v) is 22.8. The highest BCUT2D eigenvalue weighted by molar-refractivity contribution is 6.44. The molecule has 0 heterocycles. The molecule has 68 heavy (non-hydrogen) atoms. The zero-order chi connectivity index (χ0) is 47.1. The number of nitrogens with zero attached hydrogens (tertiary/aromatic N) is 4. The van der Waals surface area contributed by atoms with Crippen LogP contribution in [-0.2, 0) is 20.4 Å². The Morgan fingerprint density at radius 3 is 0.809 bits per heavy atom. The van der Waals surface area contributed by atoms with E-state index in [0.717, 1.165) is 55.9 Å². The van der Waals surface area contributed by atoms with E-state index in [2.05, 4.69) is 96.7 Å². The van der Waals surface area contributed by atoms with Crippen LogP contribution in [0, 0.1) is 0 Å². The summed E-state index contributed by atoms with van der Waals surface area (Å²) < 4.78 is 0. The molecule has 0 saturated heterocycles. The van der Waals surface area contributed by atoms with Crippen LogP contribution < -0.4 is 0 Å². The van der Waals surface area contributed by atoms with E-state index in [1.807, 2.05) is 170 Å². The second-order valence-corrected chi connectivity index (χ2v) is 18.0. The van der Waals surface area contributed by atoms with Crippen molar-refractivity contribution in [2.24, 2.45) is 20.5 Å². The van der Waals surface area contributed by atoms with Crippen LogP contribution in [-0.4, -0.2) is 11.6 Å². The quantitative estimate of drug-likeness (QED) is 0.115. The highest BCUT2D eigenvalue weighted by Crippen LogP contribution is 2.38. The number of rotatable bonds is 12. The van der Waals surface area contributed by atoms with Crippen LogP contribution in [0.1, 0.15) is 72.2 Å². The molecule has 7 aromatic carbocycles. The van der Waals surface area contributed by atoms with E-state index >= 15 is 0 Å². The molecule has 0 radical (unpaired) electrons. The van der Waals surface area contributed by atoms with E-state index in [-0.39, 0.29) is 22.4 Å². The normalized spacial score (nSPS) is 14.4. The summed E-state index contributed by atoms with van der Waals surface area (Å²) in [6, 6.07) is 64.2. The van der Waals surface area contributed by atoms with Gasteiger partial charge in [0, 0.05) is 33.1 Å². The van der Waals surface area contributed by atoms with Crippen LogP contribution in [0.25, 0.3) is 22.3 Å². The first-order valence-electron chi connectivity index (χ1n) is 22.8. The van der Waals surface area contributed by atoms with Gasteiger partial charge in [0.05, 0.1) is 23.8 Å². The van der Waals surface area contributed by atoms with Crippen LogP contribution >= 0.6 is 0 Å². The molecule has 0 saturated carbocycles. The SMILES string of the molecule is CC(C)(c1ccc(N=NC=C2C=C(c3ccccc3)C(=O)C(c3ccccc3)=C2)cc1)c1ccc(C(C)(C)c2ccc(N=NC=C3C=C(c4ccccc4)C(=O)C(c4ccccc4)=C3)cc2)cc1. The molecule has 0 bridgehead atoms. The lowest BCUT2D eigenvalue weighted by Gasteiger charge is -2.29. The van der Waals surface area contributed by atoms with Crippen molar-refractivity contribution in [3.63, 3.8) is 0 Å². The predicted molar refractivity (Wildman–Crippen MR) is 276 cm³/mol. The lowest BCUT2D eigenvalue weighted by molar-refractivity contribution is -0.109. The van der Waals surface area contributed by atoms with Crippen molar-refractivity contribution in [2.45, 2.75) is 38.5 Å². The molecule has 0 amide bonds. The van der Waals surface area contributed by atoms with Crippen molar-refractivity contribution < 1.29 is 9.59 Å². The molecule has 0 unspecified atom stereocenters. The van der Waals surface area contributed by atoms with Gasteiger partial charge >= 0.3 is 0 Å². The number of hydrogen-bond acceptors (Lipinski definition) is 6. The highest BCUT2D eigenvalue weighted by atomic mass is 16.1. The molecule has 0 atom stereocenters. The summed E-state index contributed by atoms with van der Waals surface area (Å²) in [5.74, 6) is -0.0338. The Morgan fingerprint density at radius 1 is 0.324 bits per heavy atom. The summed E-state index contributed by atoms with van der Waals surface area (Å²) in [5.41, 5.74) is 13.2. The maximum atomic E-state index is 13.6. The molecule has 0 aliphatic heterocycles. The van der Waals surface area contributed by atoms with Gasteiger partial charge in [0.15, 0.2) is 11.6 Å². The minimum Gasteiger partial charge on any atom is -0.289 e. The van der Waals surface area contributed by atoms with Gasteiger partial charge in [-0.05, 0) is 104 Å². The topological polar surface area (TPSA) is 83.6 Å². The first-order chi connectivity index (χ1) is 33.0. The molecule has 0 N–H and O–H groups in total. The van der Waals surface area contributed by atoms with Crippen molar-refractivity contribution in [1.29, 1.82) is 0 Å². The zero-order valence-electron chi connectivity index (χ0n) is 38.5. The summed E-state index contributed by atoms with van der Waals surface area (Å²) in [7, 11) is 0. The molecular formula is C62H50N4O2. The third kappa shape index (κ3) is 9.72. The zero-order valence-corrected chi connectivity index (χ0v) is 38.5. The standard InChI is InChI=1S/C62H50N4O2/c1-61(2,51-29-33-53(34-30-51)65-63-41-43-37-55(45-17-9-5-10-18-45)59(67)56(38-43)46-19-11-6-12-20-46)49-25-27-50(28-26-49)62(3,4)52-31-35-54(36-32-52)66-64-42-44-39-57(47-21-13-7-14-22-47)60(68)58(40-44)48-23-15-8-16-24-48/h5-42H,1-4H3. The van der Waals surface area contributed by atoms with Gasteiger partial charge in [0.1, 0.15) is 0 Å². The van der Waals surface area contributed by atoms with Crippen LogP contribution in [0.3, 0.4) is 0 Å². The number of carbonyl (C=O) groups excluding carboxylic acids is 2. The second-order valence-electron chi connectivity index (χ2n) is 18.0. The van der Waals surface area contributed by atoms with Crippen molar-refractivity contribution in [1.82, 2.24) is 0 Å². The van der Waals surface area contributed by atoms with Gasteiger partial charge in [-0.15, -0.1) is 0 Å². The van der Waals surface area contributed by atoms with E-state index < -0.39 is 0 Å². The van der Waals surface area contributed by atoms with Crippen molar-refractivity contribution in [3.8, 4) is 0 Å². The summed E-state index contributed by atoms with van der Waals surface area (Å²) in [6.07, 6.45) is 10.9. The van der Waals surface area contributed by atoms with Gasteiger partial charge in [0.2, 0.25) is 0 Å². The average molecular weight is 883 g/mol. The third-order valence-corrected chi connectivity index (χ3v) is 12.8. The molecule has 0 spiro atoms. The van der Waals surface area contributed by atoms with Gasteiger partial charge in [0.25, 0.3) is 0 Å². The number of allylic oxidation sites excluding steroid dienone is 10. The fourth-order valence-electron chi connectivity index (χ4n) is 8.63. The van der Waals surface area contributed by atoms with Crippen LogP contribution in [0.15, 0.2) is 262 Å². The van der Waals surface area contributed by atoms with Gasteiger partial charge in [-0.25, -0.2) is 0 Å². The fourth-order valence-corrected chi connectivity index (χ4v) is 8.63. The number of ketones is 2. The smallest absolute Gasteiger partial charge is 0.194 e. The largest absolute Gasteiger partial charge is 0.289 e. The van der Waals surface area contributed by atoms with Crippen molar-refractivity contribution in [2.75, 3.05) is 0 Å². The van der Waals surface area contributed by atoms with Crippen molar-refractivity contribution >= 4 is 45.2 Å². The Kier molecular flexibility index (Phi) is 12.9. The summed E-state index contributed by atoms with van der Waals surface area (Å²) in [4.78, 5) is 27.2. The number of azo groups is 2. The van der Waals surface area contributed by atoms with Gasteiger partial charge in [-0.1, -0.05) is 198 Å². The van der Waals surface area contributed by atoms with E-state index in [4.69, 9.17) is 0 Å². The lowest BCUT2D eigenvalue weighted by Crippen LogP contribution is -2.21. The minimum atomic E-state index is -0.265. The average Bonchev–Trinajstić information content (AvgIpc) is 3.38. The Hall–Kier alpha value is -8.48. The van der Waals surface area contributed by atoms with Crippen LogP contribution in [0.5, 0.6) is 0 Å². The van der Waals surface area contributed by atoms with E-state index in [0.29, 0.717) is 22.3 Å². The van der Waals surface area contributed by atoms with E-state index in [1.54, 1.807) is 12.4 Å². The number of carbonyl (C=O) groups is 2. The maximum absolute atomic E-state index is 13.6. The Morgan fingerprint density at radius 2 is 0.559 bits per heavy atom. The third-order valence-electron chi connectivity index (χ3n) is 12.8. The molecule has 9 rings (SSSR count). The second kappa shape index (κ2) is 19.5. The van der Waals surface area contributed by atoms with Crippen LogP contribution in [0.4, 0.5) is 11.4 Å². The number of Topliss-reactive ketones (excluding diaryl/α,β-unsaturated/α-hetero) is 2. The Labute approximate surface area is 398 Å². The highest BCUT2D eigenvalue weighted by Gasteiger charge is 2.28. The minimum absolute atomic E-state index is 0.0169. The summed E-state index contributed by atoms with van der Waals surface area (Å²) in [5, 5.41) is 17.9.